The van der Waals surface area contributed by atoms with Crippen LogP contribution in [0.15, 0.2) is 36.5 Å². The van der Waals surface area contributed by atoms with Crippen molar-refractivity contribution in [1.82, 2.24) is 4.98 Å². The highest BCUT2D eigenvalue weighted by Crippen LogP contribution is 2.21. The van der Waals surface area contributed by atoms with Crippen LogP contribution in [0, 0.1) is 11.6 Å². The van der Waals surface area contributed by atoms with Crippen molar-refractivity contribution in [1.29, 1.82) is 0 Å². The van der Waals surface area contributed by atoms with E-state index in [9.17, 15) is 18.7 Å². The van der Waals surface area contributed by atoms with E-state index in [1.807, 2.05) is 6.92 Å². The summed E-state index contributed by atoms with van der Waals surface area (Å²) in [7, 11) is 1.29. The molecule has 1 saturated heterocycles. The third kappa shape index (κ3) is 6.45. The summed E-state index contributed by atoms with van der Waals surface area (Å²) in [4.78, 5) is 15.9. The van der Waals surface area contributed by atoms with Crippen molar-refractivity contribution in [2.45, 2.75) is 38.1 Å². The Balaban J connectivity index is 0.000000253. The Morgan fingerprint density at radius 3 is 2.62 bits per heavy atom. The van der Waals surface area contributed by atoms with Crippen LogP contribution in [0.4, 0.5) is 14.5 Å². The molecule has 1 fully saturated rings. The van der Waals surface area contributed by atoms with E-state index >= 15 is 0 Å². The zero-order chi connectivity index (χ0) is 21.4. The fourth-order valence-corrected chi connectivity index (χ4v) is 2.63. The number of amides is 1. The number of hydrogen-bond acceptors (Lipinski definition) is 6. The Kier molecular flexibility index (Phi) is 8.44. The zero-order valence-electron chi connectivity index (χ0n) is 16.1. The molecule has 2 aromatic rings. The van der Waals surface area contributed by atoms with E-state index in [2.05, 4.69) is 15.0 Å². The number of halogens is 2. The number of methoxy groups -OCH3 is 1. The number of ether oxygens (including phenoxy) is 2. The predicted octanol–water partition coefficient (Wildman–Crippen LogP) is 2.59. The first kappa shape index (κ1) is 22.7. The number of anilines is 1. The van der Waals surface area contributed by atoms with Gasteiger partial charge in [-0.1, -0.05) is 6.07 Å². The topological polar surface area (TPSA) is 101 Å². The maximum absolute atomic E-state index is 12.5. The molecule has 0 aliphatic carbocycles. The second-order valence-corrected chi connectivity index (χ2v) is 6.43. The lowest BCUT2D eigenvalue weighted by Gasteiger charge is -2.12. The minimum atomic E-state index is -0.997. The maximum Gasteiger partial charge on any atom is 0.253 e. The van der Waals surface area contributed by atoms with Gasteiger partial charge in [-0.2, -0.15) is 4.39 Å². The lowest BCUT2D eigenvalue weighted by molar-refractivity contribution is -0.126. The minimum Gasteiger partial charge on any atom is -0.494 e. The lowest BCUT2D eigenvalue weighted by Crippen LogP contribution is -2.27. The highest BCUT2D eigenvalue weighted by Gasteiger charge is 2.28. The molecule has 0 spiro atoms. The number of hydrogen-bond donors (Lipinski definition) is 3. The van der Waals surface area contributed by atoms with Gasteiger partial charge in [-0.05, 0) is 44.0 Å². The van der Waals surface area contributed by atoms with Crippen LogP contribution in [0.3, 0.4) is 0 Å². The van der Waals surface area contributed by atoms with Gasteiger partial charge in [0.1, 0.15) is 12.2 Å². The molecule has 0 radical (unpaired) electrons. The summed E-state index contributed by atoms with van der Waals surface area (Å²) in [6.07, 6.45) is 1.78. The van der Waals surface area contributed by atoms with Crippen LogP contribution in [0.25, 0.3) is 0 Å². The summed E-state index contributed by atoms with van der Waals surface area (Å²) < 4.78 is 34.8. The second-order valence-electron chi connectivity index (χ2n) is 6.43. The molecule has 3 rings (SSSR count). The van der Waals surface area contributed by atoms with Crippen LogP contribution in [0.2, 0.25) is 0 Å². The number of nitrogens with one attached hydrogen (secondary N) is 1. The average molecular weight is 410 g/mol. The van der Waals surface area contributed by atoms with E-state index in [1.165, 1.54) is 25.4 Å². The quantitative estimate of drug-likeness (QED) is 0.701. The van der Waals surface area contributed by atoms with Crippen LogP contribution in [0.5, 0.6) is 5.75 Å². The standard InChI is InChI=1S/C13H18N2O4.C7H6F2O/c1-8-2-5-12(19-8)13(18)15-9-3-4-10(14-6-9)11(17)7-16;1-10-6-4-2-3-5(8)7(6)9/h3-4,6,8,11-12,16-17H,2,5,7H2,1H3,(H,15,18);2-4H,1H3. The number of carbonyl (C=O) groups excluding carboxylic acids is 1. The largest absolute Gasteiger partial charge is 0.494 e. The Hall–Kier alpha value is -2.62. The van der Waals surface area contributed by atoms with Crippen LogP contribution in [-0.2, 0) is 9.53 Å². The Bertz CT molecular complexity index is 804. The van der Waals surface area contributed by atoms with E-state index in [-0.39, 0.29) is 24.4 Å². The van der Waals surface area contributed by atoms with Gasteiger partial charge in [0.05, 0.1) is 37.4 Å². The van der Waals surface area contributed by atoms with Crippen molar-refractivity contribution >= 4 is 11.6 Å². The maximum atomic E-state index is 12.5. The molecule has 1 aromatic heterocycles. The normalized spacial score (nSPS) is 19.1. The number of benzene rings is 1. The molecule has 158 valence electrons. The Morgan fingerprint density at radius 2 is 2.10 bits per heavy atom. The van der Waals surface area contributed by atoms with E-state index in [1.54, 1.807) is 12.1 Å². The van der Waals surface area contributed by atoms with E-state index in [0.717, 1.165) is 18.9 Å². The van der Waals surface area contributed by atoms with Crippen LogP contribution in [0.1, 0.15) is 31.6 Å². The molecule has 1 amide bonds. The summed E-state index contributed by atoms with van der Waals surface area (Å²) in [5.74, 6) is -2.08. The molecule has 2 heterocycles. The third-order valence-corrected chi connectivity index (χ3v) is 4.23. The molecule has 1 aromatic carbocycles. The van der Waals surface area contributed by atoms with Crippen molar-refractivity contribution < 1.29 is 33.3 Å². The number of aliphatic hydroxyl groups excluding tert-OH is 2. The van der Waals surface area contributed by atoms with Gasteiger partial charge < -0.3 is 25.0 Å². The summed E-state index contributed by atoms with van der Waals surface area (Å²) in [6, 6.07) is 6.99. The fraction of sp³-hybridized carbons (Fsp3) is 0.400. The molecule has 9 heteroatoms. The molecule has 3 N–H and O–H groups in total. The van der Waals surface area contributed by atoms with Crippen LogP contribution in [-0.4, -0.2) is 47.0 Å². The molecule has 3 unspecified atom stereocenters. The molecule has 1 aliphatic heterocycles. The minimum absolute atomic E-state index is 0.0694. The van der Waals surface area contributed by atoms with Crippen molar-refractivity contribution in [3.63, 3.8) is 0 Å². The van der Waals surface area contributed by atoms with Crippen LogP contribution >= 0.6 is 0 Å². The molecule has 0 bridgehead atoms. The zero-order valence-corrected chi connectivity index (χ0v) is 16.1. The Morgan fingerprint density at radius 1 is 1.34 bits per heavy atom. The van der Waals surface area contributed by atoms with Crippen molar-refractivity contribution in [3.05, 3.63) is 53.9 Å². The molecule has 0 saturated carbocycles. The van der Waals surface area contributed by atoms with E-state index in [0.29, 0.717) is 11.4 Å². The molecule has 29 heavy (non-hydrogen) atoms. The molecule has 3 atom stereocenters. The first-order chi connectivity index (χ1) is 13.8. The number of aromatic nitrogens is 1. The number of pyridine rings is 1. The fourth-order valence-electron chi connectivity index (χ4n) is 2.63. The monoisotopic (exact) mass is 410 g/mol. The first-order valence-corrected chi connectivity index (χ1v) is 9.04. The van der Waals surface area contributed by atoms with E-state index in [4.69, 9.17) is 9.84 Å². The summed E-state index contributed by atoms with van der Waals surface area (Å²) in [5.41, 5.74) is 0.910. The predicted molar refractivity (Wildman–Crippen MR) is 101 cm³/mol. The molecular formula is C20H24F2N2O5. The van der Waals surface area contributed by atoms with Crippen molar-refractivity contribution in [2.75, 3.05) is 19.0 Å². The average Bonchev–Trinajstić information content (AvgIpc) is 3.17. The van der Waals surface area contributed by atoms with Gasteiger partial charge in [-0.15, -0.1) is 0 Å². The summed E-state index contributed by atoms with van der Waals surface area (Å²) in [5, 5.41) is 20.9. The van der Waals surface area contributed by atoms with Crippen molar-refractivity contribution in [3.8, 4) is 5.75 Å². The smallest absolute Gasteiger partial charge is 0.253 e. The lowest BCUT2D eigenvalue weighted by atomic mass is 10.2. The highest BCUT2D eigenvalue weighted by molar-refractivity contribution is 5.94. The first-order valence-electron chi connectivity index (χ1n) is 9.04. The van der Waals surface area contributed by atoms with Crippen molar-refractivity contribution in [2.24, 2.45) is 0 Å². The van der Waals surface area contributed by atoms with Gasteiger partial charge in [-0.25, -0.2) is 4.39 Å². The molecule has 7 nitrogen and oxygen atoms in total. The van der Waals surface area contributed by atoms with Gasteiger partial charge in [0, 0.05) is 0 Å². The Labute approximate surface area is 167 Å². The van der Waals surface area contributed by atoms with Gasteiger partial charge in [-0.3, -0.25) is 9.78 Å². The highest BCUT2D eigenvalue weighted by atomic mass is 19.2. The molecule has 1 aliphatic rings. The number of carbonyl (C=O) groups is 1. The number of nitrogens with zero attached hydrogens (tertiary/aromatic N) is 1. The second kappa shape index (κ2) is 10.8. The number of rotatable bonds is 5. The van der Waals surface area contributed by atoms with Gasteiger partial charge >= 0.3 is 0 Å². The van der Waals surface area contributed by atoms with E-state index < -0.39 is 23.8 Å². The SMILES string of the molecule is CC1CCC(C(=O)Nc2ccc(C(O)CO)nc2)O1.COc1cccc(F)c1F. The van der Waals surface area contributed by atoms with Crippen LogP contribution < -0.4 is 10.1 Å². The molecular weight excluding hydrogens is 386 g/mol. The van der Waals surface area contributed by atoms with Gasteiger partial charge in [0.2, 0.25) is 5.82 Å². The van der Waals surface area contributed by atoms with Gasteiger partial charge in [0.25, 0.3) is 5.91 Å². The van der Waals surface area contributed by atoms with Gasteiger partial charge in [0.15, 0.2) is 11.6 Å². The summed E-state index contributed by atoms with van der Waals surface area (Å²) in [6.45, 7) is 1.56. The summed E-state index contributed by atoms with van der Waals surface area (Å²) >= 11 is 0. The number of aliphatic hydroxyl groups is 2. The third-order valence-electron chi connectivity index (χ3n) is 4.23.